The number of benzene rings is 1. The van der Waals surface area contributed by atoms with Gasteiger partial charge in [-0.25, -0.2) is 0 Å². The molecular formula is C16H21N3OS. The fourth-order valence-corrected chi connectivity index (χ4v) is 3.16. The second kappa shape index (κ2) is 6.52. The van der Waals surface area contributed by atoms with E-state index in [9.17, 15) is 0 Å². The van der Waals surface area contributed by atoms with Crippen LogP contribution in [0, 0.1) is 6.92 Å². The topological polar surface area (TPSA) is 42.2 Å². The van der Waals surface area contributed by atoms with Crippen LogP contribution in [0.25, 0.3) is 0 Å². The normalized spacial score (nSPS) is 15.0. The molecule has 0 amide bonds. The molecule has 1 heterocycles. The Morgan fingerprint density at radius 1 is 1.24 bits per heavy atom. The van der Waals surface area contributed by atoms with E-state index in [0.717, 1.165) is 18.2 Å². The van der Waals surface area contributed by atoms with E-state index < -0.39 is 0 Å². The number of rotatable bonds is 6. The van der Waals surface area contributed by atoms with Crippen molar-refractivity contribution in [3.8, 4) is 0 Å². The molecule has 0 N–H and O–H groups in total. The van der Waals surface area contributed by atoms with Crippen LogP contribution in [0.15, 0.2) is 33.6 Å². The Labute approximate surface area is 129 Å². The highest BCUT2D eigenvalue weighted by Crippen LogP contribution is 2.36. The zero-order valence-corrected chi connectivity index (χ0v) is 13.4. The molecule has 1 saturated carbocycles. The summed E-state index contributed by atoms with van der Waals surface area (Å²) in [7, 11) is 2.01. The van der Waals surface area contributed by atoms with Gasteiger partial charge in [0, 0.05) is 30.2 Å². The summed E-state index contributed by atoms with van der Waals surface area (Å²) in [6.45, 7) is 3.00. The summed E-state index contributed by atoms with van der Waals surface area (Å²) in [4.78, 5) is 3.34. The van der Waals surface area contributed by atoms with E-state index in [2.05, 4.69) is 41.4 Å². The standard InChI is InChI=1S/C16H21N3OS/c1-12-6-8-14(9-7-12)21-11-10-19(2)16-18-17-15(20-16)13-4-3-5-13/h6-9,13H,3-5,10-11H2,1-2H3. The summed E-state index contributed by atoms with van der Waals surface area (Å²) >= 11 is 1.85. The van der Waals surface area contributed by atoms with E-state index in [1.54, 1.807) is 0 Å². The predicted octanol–water partition coefficient (Wildman–Crippen LogP) is 3.87. The first kappa shape index (κ1) is 14.4. The third-order valence-corrected chi connectivity index (χ3v) is 4.92. The van der Waals surface area contributed by atoms with Crippen molar-refractivity contribution in [1.82, 2.24) is 10.2 Å². The Kier molecular flexibility index (Phi) is 4.48. The first-order chi connectivity index (χ1) is 10.2. The van der Waals surface area contributed by atoms with Crippen LogP contribution in [-0.4, -0.2) is 29.5 Å². The highest BCUT2D eigenvalue weighted by atomic mass is 32.2. The third kappa shape index (κ3) is 3.59. The second-order valence-electron chi connectivity index (χ2n) is 5.63. The van der Waals surface area contributed by atoms with Crippen LogP contribution in [0.5, 0.6) is 0 Å². The molecule has 0 spiro atoms. The average Bonchev–Trinajstić information content (AvgIpc) is 2.88. The van der Waals surface area contributed by atoms with Crippen molar-refractivity contribution in [3.05, 3.63) is 35.7 Å². The van der Waals surface area contributed by atoms with Gasteiger partial charge < -0.3 is 9.32 Å². The van der Waals surface area contributed by atoms with Crippen LogP contribution in [-0.2, 0) is 0 Å². The molecule has 0 radical (unpaired) electrons. The van der Waals surface area contributed by atoms with Crippen LogP contribution in [0.1, 0.15) is 36.6 Å². The van der Waals surface area contributed by atoms with Gasteiger partial charge in [0.25, 0.3) is 0 Å². The van der Waals surface area contributed by atoms with Crippen LogP contribution in [0.3, 0.4) is 0 Å². The first-order valence-corrected chi connectivity index (χ1v) is 8.45. The van der Waals surface area contributed by atoms with E-state index in [1.165, 1.54) is 29.7 Å². The fraction of sp³-hybridized carbons (Fsp3) is 0.500. The van der Waals surface area contributed by atoms with Gasteiger partial charge in [-0.3, -0.25) is 0 Å². The van der Waals surface area contributed by atoms with E-state index in [4.69, 9.17) is 4.42 Å². The minimum Gasteiger partial charge on any atom is -0.408 e. The maximum atomic E-state index is 5.76. The molecule has 5 heteroatoms. The first-order valence-electron chi connectivity index (χ1n) is 7.46. The largest absolute Gasteiger partial charge is 0.408 e. The second-order valence-corrected chi connectivity index (χ2v) is 6.80. The Hall–Kier alpha value is -1.49. The van der Waals surface area contributed by atoms with Crippen LogP contribution in [0.2, 0.25) is 0 Å². The highest BCUT2D eigenvalue weighted by molar-refractivity contribution is 7.99. The van der Waals surface area contributed by atoms with Gasteiger partial charge in [-0.2, -0.15) is 0 Å². The summed E-state index contributed by atoms with van der Waals surface area (Å²) in [5, 5.41) is 8.33. The summed E-state index contributed by atoms with van der Waals surface area (Å²) in [6.07, 6.45) is 3.66. The van der Waals surface area contributed by atoms with Crippen molar-refractivity contribution in [1.29, 1.82) is 0 Å². The molecule has 0 saturated heterocycles. The molecular weight excluding hydrogens is 282 g/mol. The highest BCUT2D eigenvalue weighted by Gasteiger charge is 2.25. The van der Waals surface area contributed by atoms with Gasteiger partial charge in [-0.15, -0.1) is 16.9 Å². The minimum absolute atomic E-state index is 0.501. The lowest BCUT2D eigenvalue weighted by atomic mass is 9.85. The maximum absolute atomic E-state index is 5.76. The Morgan fingerprint density at radius 2 is 2.00 bits per heavy atom. The maximum Gasteiger partial charge on any atom is 0.317 e. The summed E-state index contributed by atoms with van der Waals surface area (Å²) in [5.41, 5.74) is 1.30. The number of hydrogen-bond donors (Lipinski definition) is 0. The van der Waals surface area contributed by atoms with E-state index in [0.29, 0.717) is 11.9 Å². The van der Waals surface area contributed by atoms with Crippen molar-refractivity contribution in [3.63, 3.8) is 0 Å². The van der Waals surface area contributed by atoms with Gasteiger partial charge in [-0.1, -0.05) is 29.2 Å². The van der Waals surface area contributed by atoms with Crippen molar-refractivity contribution in [2.24, 2.45) is 0 Å². The number of aryl methyl sites for hydroxylation is 1. The van der Waals surface area contributed by atoms with Crippen LogP contribution in [0.4, 0.5) is 6.01 Å². The van der Waals surface area contributed by atoms with Crippen LogP contribution < -0.4 is 4.90 Å². The smallest absolute Gasteiger partial charge is 0.317 e. The zero-order valence-electron chi connectivity index (χ0n) is 12.6. The monoisotopic (exact) mass is 303 g/mol. The van der Waals surface area contributed by atoms with Crippen LogP contribution >= 0.6 is 11.8 Å². The summed E-state index contributed by atoms with van der Waals surface area (Å²) < 4.78 is 5.76. The Bertz CT molecular complexity index is 577. The van der Waals surface area contributed by atoms with Gasteiger partial charge in [0.2, 0.25) is 5.89 Å². The van der Waals surface area contributed by atoms with Crippen molar-refractivity contribution in [2.45, 2.75) is 37.0 Å². The van der Waals surface area contributed by atoms with Gasteiger partial charge in [0.1, 0.15) is 0 Å². The fourth-order valence-electron chi connectivity index (χ4n) is 2.23. The molecule has 0 bridgehead atoms. The molecule has 1 aromatic heterocycles. The van der Waals surface area contributed by atoms with Crippen molar-refractivity contribution < 1.29 is 4.42 Å². The van der Waals surface area contributed by atoms with Crippen molar-refractivity contribution >= 4 is 17.8 Å². The quantitative estimate of drug-likeness (QED) is 0.758. The molecule has 3 rings (SSSR count). The summed E-state index contributed by atoms with van der Waals surface area (Å²) in [6, 6.07) is 9.27. The van der Waals surface area contributed by atoms with E-state index in [-0.39, 0.29) is 0 Å². The molecule has 1 aliphatic rings. The molecule has 1 aromatic carbocycles. The lowest BCUT2D eigenvalue weighted by Crippen LogP contribution is -2.20. The van der Waals surface area contributed by atoms with Gasteiger partial charge in [0.15, 0.2) is 0 Å². The number of hydrogen-bond acceptors (Lipinski definition) is 5. The Morgan fingerprint density at radius 3 is 2.67 bits per heavy atom. The van der Waals surface area contributed by atoms with E-state index >= 15 is 0 Å². The third-order valence-electron chi connectivity index (χ3n) is 3.93. The van der Waals surface area contributed by atoms with Gasteiger partial charge in [-0.05, 0) is 31.9 Å². The molecule has 21 heavy (non-hydrogen) atoms. The number of nitrogens with zero attached hydrogens (tertiary/aromatic N) is 3. The summed E-state index contributed by atoms with van der Waals surface area (Å²) in [5.74, 6) is 2.32. The molecule has 2 aromatic rings. The van der Waals surface area contributed by atoms with Crippen molar-refractivity contribution in [2.75, 3.05) is 24.2 Å². The SMILES string of the molecule is Cc1ccc(SCCN(C)c2nnc(C3CCC3)o2)cc1. The molecule has 0 atom stereocenters. The molecule has 0 aliphatic heterocycles. The number of aromatic nitrogens is 2. The predicted molar refractivity (Wildman–Crippen MR) is 86.1 cm³/mol. The van der Waals surface area contributed by atoms with Gasteiger partial charge in [0.05, 0.1) is 0 Å². The van der Waals surface area contributed by atoms with Gasteiger partial charge >= 0.3 is 6.01 Å². The zero-order chi connectivity index (χ0) is 14.7. The molecule has 4 nitrogen and oxygen atoms in total. The number of anilines is 1. The lowest BCUT2D eigenvalue weighted by Gasteiger charge is -2.21. The Balaban J connectivity index is 1.48. The molecule has 1 aliphatic carbocycles. The van der Waals surface area contributed by atoms with E-state index in [1.807, 2.05) is 23.7 Å². The lowest BCUT2D eigenvalue weighted by molar-refractivity contribution is 0.336. The number of thioether (sulfide) groups is 1. The molecule has 1 fully saturated rings. The average molecular weight is 303 g/mol. The molecule has 0 unspecified atom stereocenters. The molecule has 112 valence electrons. The minimum atomic E-state index is 0.501.